The van der Waals surface area contributed by atoms with Crippen LogP contribution in [-0.2, 0) is 21.4 Å². The Kier molecular flexibility index (Phi) is 7.74. The molecule has 0 aromatic heterocycles. The van der Waals surface area contributed by atoms with Crippen LogP contribution in [0.4, 0.5) is 11.4 Å². The second kappa shape index (κ2) is 10.7. The number of nitrogens with one attached hydrogen (secondary N) is 2. The van der Waals surface area contributed by atoms with Crippen molar-refractivity contribution in [2.45, 2.75) is 11.4 Å². The van der Waals surface area contributed by atoms with E-state index in [1.165, 1.54) is 25.3 Å². The highest BCUT2D eigenvalue weighted by molar-refractivity contribution is 7.92. The molecule has 0 spiro atoms. The summed E-state index contributed by atoms with van der Waals surface area (Å²) in [5.74, 6) is 0.196. The summed E-state index contributed by atoms with van der Waals surface area (Å²) in [4.78, 5) is 14.2. The Balaban J connectivity index is 1.58. The summed E-state index contributed by atoms with van der Waals surface area (Å²) in [6.07, 6.45) is 3.05. The van der Waals surface area contributed by atoms with Gasteiger partial charge in [-0.15, -0.1) is 0 Å². The van der Waals surface area contributed by atoms with Crippen molar-refractivity contribution in [2.75, 3.05) is 30.8 Å². The summed E-state index contributed by atoms with van der Waals surface area (Å²) in [6, 6.07) is 21.0. The van der Waals surface area contributed by atoms with Crippen LogP contribution in [0.15, 0.2) is 83.8 Å². The van der Waals surface area contributed by atoms with Gasteiger partial charge in [-0.2, -0.15) is 0 Å². The largest absolute Gasteiger partial charge is 0.495 e. The van der Waals surface area contributed by atoms with Crippen LogP contribution in [0.5, 0.6) is 5.75 Å². The number of amides is 1. The van der Waals surface area contributed by atoms with Gasteiger partial charge in [0.25, 0.3) is 10.0 Å². The third-order valence-electron chi connectivity index (χ3n) is 4.89. The van der Waals surface area contributed by atoms with Crippen LogP contribution >= 0.6 is 0 Å². The fraction of sp³-hybridized carbons (Fsp3) is 0.160. The van der Waals surface area contributed by atoms with E-state index in [0.29, 0.717) is 23.5 Å². The zero-order valence-corrected chi connectivity index (χ0v) is 19.6. The Hall–Kier alpha value is -3.78. The van der Waals surface area contributed by atoms with Crippen LogP contribution < -0.4 is 19.7 Å². The lowest BCUT2D eigenvalue weighted by atomic mass is 10.2. The molecule has 3 aromatic carbocycles. The number of hydrogen-bond donors (Lipinski definition) is 2. The van der Waals surface area contributed by atoms with Gasteiger partial charge < -0.3 is 15.0 Å². The van der Waals surface area contributed by atoms with Gasteiger partial charge >= 0.3 is 0 Å². The van der Waals surface area contributed by atoms with Gasteiger partial charge in [-0.3, -0.25) is 9.52 Å². The van der Waals surface area contributed by atoms with Crippen LogP contribution in [0, 0.1) is 0 Å². The molecule has 0 aliphatic carbocycles. The number of carbonyl (C=O) groups excluding carboxylic acids is 1. The van der Waals surface area contributed by atoms with Crippen LogP contribution in [-0.4, -0.2) is 35.5 Å². The Morgan fingerprint density at radius 2 is 1.64 bits per heavy atom. The van der Waals surface area contributed by atoms with Crippen molar-refractivity contribution in [1.82, 2.24) is 5.32 Å². The van der Waals surface area contributed by atoms with Crippen LogP contribution in [0.1, 0.15) is 11.1 Å². The molecule has 0 atom stereocenters. The molecule has 7 nitrogen and oxygen atoms in total. The molecule has 0 saturated heterocycles. The van der Waals surface area contributed by atoms with E-state index < -0.39 is 10.0 Å². The van der Waals surface area contributed by atoms with Gasteiger partial charge in [-0.25, -0.2) is 8.42 Å². The average Bonchev–Trinajstić information content (AvgIpc) is 2.82. The molecule has 8 heteroatoms. The van der Waals surface area contributed by atoms with E-state index >= 15 is 0 Å². The highest BCUT2D eigenvalue weighted by Crippen LogP contribution is 2.26. The minimum absolute atomic E-state index is 0.108. The second-order valence-electron chi connectivity index (χ2n) is 7.49. The number of para-hydroxylation sites is 2. The molecule has 2 N–H and O–H groups in total. The first-order valence-electron chi connectivity index (χ1n) is 10.3. The van der Waals surface area contributed by atoms with Crippen molar-refractivity contribution in [2.24, 2.45) is 0 Å². The number of hydrogen-bond acceptors (Lipinski definition) is 5. The van der Waals surface area contributed by atoms with E-state index in [9.17, 15) is 13.2 Å². The molecule has 3 aromatic rings. The number of ether oxygens (including phenoxy) is 1. The minimum Gasteiger partial charge on any atom is -0.495 e. The standard InChI is InChI=1S/C25H27N3O4S/c1-28(2)21-13-8-20(9-14-21)18-26-25(29)17-12-19-10-15-22(16-11-19)33(30,31)27-23-6-4-5-7-24(23)32-3/h4-17,27H,18H2,1-3H3,(H,26,29)/b17-12+. The molecule has 0 radical (unpaired) electrons. The number of rotatable bonds is 9. The third kappa shape index (κ3) is 6.60. The number of carbonyl (C=O) groups is 1. The number of nitrogens with zero attached hydrogens (tertiary/aromatic N) is 1. The fourth-order valence-electron chi connectivity index (χ4n) is 3.02. The maximum atomic E-state index is 12.7. The quantitative estimate of drug-likeness (QED) is 0.468. The lowest BCUT2D eigenvalue weighted by Gasteiger charge is -2.12. The molecular weight excluding hydrogens is 438 g/mol. The first kappa shape index (κ1) is 23.9. The number of benzene rings is 3. The summed E-state index contributed by atoms with van der Waals surface area (Å²) in [5.41, 5.74) is 3.15. The zero-order chi connectivity index (χ0) is 23.8. The topological polar surface area (TPSA) is 87.7 Å². The highest BCUT2D eigenvalue weighted by atomic mass is 32.2. The second-order valence-corrected chi connectivity index (χ2v) is 9.17. The Labute approximate surface area is 194 Å². The maximum absolute atomic E-state index is 12.7. The van der Waals surface area contributed by atoms with Gasteiger partial charge in [0, 0.05) is 32.4 Å². The Morgan fingerprint density at radius 3 is 2.27 bits per heavy atom. The number of anilines is 2. The van der Waals surface area contributed by atoms with E-state index in [2.05, 4.69) is 10.0 Å². The molecule has 3 rings (SSSR count). The smallest absolute Gasteiger partial charge is 0.262 e. The molecule has 0 saturated carbocycles. The van der Waals surface area contributed by atoms with Crippen LogP contribution in [0.25, 0.3) is 6.08 Å². The van der Waals surface area contributed by atoms with Gasteiger partial charge in [-0.1, -0.05) is 36.4 Å². The van der Waals surface area contributed by atoms with Crippen molar-refractivity contribution in [3.8, 4) is 5.75 Å². The van der Waals surface area contributed by atoms with Gasteiger partial charge in [0.15, 0.2) is 0 Å². The predicted octanol–water partition coefficient (Wildman–Crippen LogP) is 3.89. The SMILES string of the molecule is COc1ccccc1NS(=O)(=O)c1ccc(/C=C/C(=O)NCc2ccc(N(C)C)cc2)cc1. The first-order chi connectivity index (χ1) is 15.8. The van der Waals surface area contributed by atoms with E-state index in [0.717, 1.165) is 11.3 Å². The highest BCUT2D eigenvalue weighted by Gasteiger charge is 2.16. The van der Waals surface area contributed by atoms with Gasteiger partial charge in [0.1, 0.15) is 5.75 Å². The van der Waals surface area contributed by atoms with E-state index in [-0.39, 0.29) is 10.8 Å². The van der Waals surface area contributed by atoms with Gasteiger partial charge in [0.05, 0.1) is 17.7 Å². The van der Waals surface area contributed by atoms with E-state index in [1.54, 1.807) is 42.5 Å². The van der Waals surface area contributed by atoms with Crippen molar-refractivity contribution < 1.29 is 17.9 Å². The third-order valence-corrected chi connectivity index (χ3v) is 6.27. The summed E-state index contributed by atoms with van der Waals surface area (Å²) in [5, 5.41) is 2.83. The zero-order valence-electron chi connectivity index (χ0n) is 18.8. The lowest BCUT2D eigenvalue weighted by molar-refractivity contribution is -0.116. The van der Waals surface area contributed by atoms with Crippen LogP contribution in [0.3, 0.4) is 0 Å². The van der Waals surface area contributed by atoms with E-state index in [4.69, 9.17) is 4.74 Å². The molecule has 0 fully saturated rings. The molecule has 33 heavy (non-hydrogen) atoms. The van der Waals surface area contributed by atoms with Crippen molar-refractivity contribution in [3.05, 3.63) is 90.0 Å². The number of sulfonamides is 1. The lowest BCUT2D eigenvalue weighted by Crippen LogP contribution is -2.20. The van der Waals surface area contributed by atoms with E-state index in [1.807, 2.05) is 43.3 Å². The molecule has 1 amide bonds. The minimum atomic E-state index is -3.78. The van der Waals surface area contributed by atoms with Crippen LogP contribution in [0.2, 0.25) is 0 Å². The molecule has 0 aliphatic heterocycles. The molecule has 0 aliphatic rings. The maximum Gasteiger partial charge on any atom is 0.262 e. The Morgan fingerprint density at radius 1 is 0.970 bits per heavy atom. The summed E-state index contributed by atoms with van der Waals surface area (Å²) >= 11 is 0. The summed E-state index contributed by atoms with van der Waals surface area (Å²) < 4.78 is 33.1. The summed E-state index contributed by atoms with van der Waals surface area (Å²) in [7, 11) is 1.64. The first-order valence-corrected chi connectivity index (χ1v) is 11.7. The summed E-state index contributed by atoms with van der Waals surface area (Å²) in [6.45, 7) is 0.419. The Bertz CT molecular complexity index is 1220. The predicted molar refractivity (Wildman–Crippen MR) is 132 cm³/mol. The van der Waals surface area contributed by atoms with Gasteiger partial charge in [-0.05, 0) is 53.6 Å². The normalized spacial score (nSPS) is 11.2. The van der Waals surface area contributed by atoms with Gasteiger partial charge in [0.2, 0.25) is 5.91 Å². The van der Waals surface area contributed by atoms with Crippen molar-refractivity contribution >= 4 is 33.4 Å². The molecular formula is C25H27N3O4S. The average molecular weight is 466 g/mol. The monoisotopic (exact) mass is 465 g/mol. The molecule has 0 bridgehead atoms. The number of methoxy groups -OCH3 is 1. The van der Waals surface area contributed by atoms with Crippen molar-refractivity contribution in [3.63, 3.8) is 0 Å². The van der Waals surface area contributed by atoms with Crippen molar-refractivity contribution in [1.29, 1.82) is 0 Å². The molecule has 172 valence electrons. The molecule has 0 unspecified atom stereocenters. The molecule has 0 heterocycles. The fourth-order valence-corrected chi connectivity index (χ4v) is 4.09.